The number of esters is 2. The molecule has 0 saturated carbocycles. The number of para-hydroxylation sites is 1. The maximum Gasteiger partial charge on any atom is 0.332 e. The maximum atomic E-state index is 15.7. The van der Waals surface area contributed by atoms with E-state index in [1.165, 1.54) is 30.6 Å². The molecule has 54 heavy (non-hydrogen) atoms. The number of fused-ring (bicyclic) bond motifs is 1. The molecule has 0 spiro atoms. The molecule has 1 saturated heterocycles. The van der Waals surface area contributed by atoms with Crippen molar-refractivity contribution in [3.8, 4) is 0 Å². The third-order valence-electron chi connectivity index (χ3n) is 11.2. The predicted molar refractivity (Wildman–Crippen MR) is 220 cm³/mol. The first-order valence-corrected chi connectivity index (χ1v) is 23.6. The Morgan fingerprint density at radius 2 is 1.52 bits per heavy atom. The summed E-state index contributed by atoms with van der Waals surface area (Å²) >= 11 is 2.59. The fourth-order valence-electron chi connectivity index (χ4n) is 7.23. The number of likely N-dealkylation sites (tertiary alicyclic amines) is 1. The molecular weight excluding hydrogens is 737 g/mol. The second-order valence-electron chi connectivity index (χ2n) is 15.2. The van der Waals surface area contributed by atoms with Gasteiger partial charge in [-0.2, -0.15) is 0 Å². The van der Waals surface area contributed by atoms with Crippen molar-refractivity contribution in [3.05, 3.63) is 108 Å². The normalized spacial score (nSPS) is 18.8. The third-order valence-corrected chi connectivity index (χ3v) is 18.8. The molecule has 5 rings (SSSR count). The minimum absolute atomic E-state index is 0.00946. The number of thioether (sulfide) groups is 2. The van der Waals surface area contributed by atoms with Crippen LogP contribution in [0.15, 0.2) is 91.1 Å². The van der Waals surface area contributed by atoms with Gasteiger partial charge in [0.15, 0.2) is 12.4 Å². The second-order valence-corrected chi connectivity index (χ2v) is 22.4. The molecule has 2 heterocycles. The SMILES string of the molecule is COCn1cc([C@@H]2C[C@@H](C(SC)(SC)C(=O)OC)[C@H](C(=O)OCc3ccccc3)C(=O)N2[C@@H](CO[Si](C)(C)C(C)(C)C)c2ccccc2)c2ccccc21. The Morgan fingerprint density at radius 1 is 0.907 bits per heavy atom. The van der Waals surface area contributed by atoms with E-state index >= 15 is 4.79 Å². The summed E-state index contributed by atoms with van der Waals surface area (Å²) in [5.41, 5.74) is 3.53. The summed E-state index contributed by atoms with van der Waals surface area (Å²) < 4.78 is 24.7. The molecule has 3 aromatic carbocycles. The molecule has 9 nitrogen and oxygen atoms in total. The summed E-state index contributed by atoms with van der Waals surface area (Å²) in [6.45, 7) is 11.5. The molecule has 0 aliphatic carbocycles. The van der Waals surface area contributed by atoms with Gasteiger partial charge < -0.3 is 28.1 Å². The molecule has 0 bridgehead atoms. The molecular formula is C42H54N2O7S2Si. The van der Waals surface area contributed by atoms with Gasteiger partial charge >= 0.3 is 11.9 Å². The van der Waals surface area contributed by atoms with Crippen LogP contribution in [0.1, 0.15) is 56.0 Å². The number of nitrogens with zero attached hydrogens (tertiary/aromatic N) is 2. The van der Waals surface area contributed by atoms with E-state index in [0.717, 1.165) is 27.6 Å². The summed E-state index contributed by atoms with van der Waals surface area (Å²) in [5, 5.41) is 0.869. The predicted octanol–water partition coefficient (Wildman–Crippen LogP) is 8.85. The number of methoxy groups -OCH3 is 2. The smallest absolute Gasteiger partial charge is 0.332 e. The van der Waals surface area contributed by atoms with Gasteiger partial charge in [-0.3, -0.25) is 9.59 Å². The molecule has 0 radical (unpaired) electrons. The van der Waals surface area contributed by atoms with Crippen LogP contribution in [0.25, 0.3) is 10.9 Å². The standard InChI is InChI=1S/C42H54N2O7S2Si/c1-41(2,3)54(8,9)51-27-36(30-20-14-11-15-21-30)44-35(32-25-43(28-48-4)34-23-17-16-22-31(32)34)24-33(42(52-6,53-7)40(47)49-5)37(38(44)45)39(46)50-26-29-18-12-10-13-19-29/h10-23,25,33,35-37H,24,26-28H2,1-9H3/t33-,35+,36+,37+/m1/s1. The monoisotopic (exact) mass is 790 g/mol. The minimum Gasteiger partial charge on any atom is -0.467 e. The van der Waals surface area contributed by atoms with Crippen molar-refractivity contribution in [2.45, 2.75) is 74.8 Å². The van der Waals surface area contributed by atoms with Crippen molar-refractivity contribution in [1.82, 2.24) is 9.47 Å². The number of rotatable bonds is 15. The molecule has 1 aromatic heterocycles. The zero-order valence-electron chi connectivity index (χ0n) is 32.9. The van der Waals surface area contributed by atoms with Crippen molar-refractivity contribution < 1.29 is 33.0 Å². The summed E-state index contributed by atoms with van der Waals surface area (Å²) in [5.74, 6) is -3.70. The number of hydrogen-bond donors (Lipinski definition) is 0. The first kappa shape index (κ1) is 41.6. The van der Waals surface area contributed by atoms with E-state index in [1.54, 1.807) is 7.11 Å². The van der Waals surface area contributed by atoms with E-state index in [0.29, 0.717) is 6.73 Å². The Balaban J connectivity index is 1.75. The van der Waals surface area contributed by atoms with E-state index in [1.807, 2.05) is 107 Å². The second kappa shape index (κ2) is 17.5. The number of carbonyl (C=O) groups is 3. The first-order valence-electron chi connectivity index (χ1n) is 18.2. The zero-order valence-corrected chi connectivity index (χ0v) is 35.5. The summed E-state index contributed by atoms with van der Waals surface area (Å²) in [6, 6.07) is 26.2. The largest absolute Gasteiger partial charge is 0.467 e. The van der Waals surface area contributed by atoms with Crippen molar-refractivity contribution >= 4 is 60.6 Å². The van der Waals surface area contributed by atoms with Crippen molar-refractivity contribution in [1.29, 1.82) is 0 Å². The zero-order chi connectivity index (χ0) is 39.3. The highest BCUT2D eigenvalue weighted by Gasteiger charge is 2.60. The van der Waals surface area contributed by atoms with E-state index in [2.05, 4.69) is 39.9 Å². The topological polar surface area (TPSA) is 96.3 Å². The summed E-state index contributed by atoms with van der Waals surface area (Å²) in [7, 11) is 0.681. The molecule has 1 aliphatic rings. The third kappa shape index (κ3) is 8.33. The highest BCUT2D eigenvalue weighted by molar-refractivity contribution is 8.18. The van der Waals surface area contributed by atoms with E-state index in [-0.39, 0.29) is 24.7 Å². The van der Waals surface area contributed by atoms with Crippen molar-refractivity contribution in [3.63, 3.8) is 0 Å². The number of ether oxygens (including phenoxy) is 3. The Hall–Kier alpha value is -3.55. The summed E-state index contributed by atoms with van der Waals surface area (Å²) in [4.78, 5) is 46.2. The highest BCUT2D eigenvalue weighted by atomic mass is 32.2. The quantitative estimate of drug-likeness (QED) is 0.0507. The van der Waals surface area contributed by atoms with Gasteiger partial charge in [-0.1, -0.05) is 99.6 Å². The van der Waals surface area contributed by atoms with Gasteiger partial charge in [0.05, 0.1) is 31.3 Å². The number of benzene rings is 3. The van der Waals surface area contributed by atoms with Gasteiger partial charge in [0.25, 0.3) is 0 Å². The fraction of sp³-hybridized carbons (Fsp3) is 0.452. The number of amides is 1. The lowest BCUT2D eigenvalue weighted by molar-refractivity contribution is -0.169. The lowest BCUT2D eigenvalue weighted by Crippen LogP contribution is -2.58. The van der Waals surface area contributed by atoms with Gasteiger partial charge in [-0.15, -0.1) is 23.5 Å². The molecule has 0 N–H and O–H groups in total. The lowest BCUT2D eigenvalue weighted by atomic mass is 9.75. The molecule has 1 amide bonds. The Labute approximate surface area is 329 Å². The van der Waals surface area contributed by atoms with Crippen LogP contribution in [0, 0.1) is 11.8 Å². The maximum absolute atomic E-state index is 15.7. The van der Waals surface area contributed by atoms with E-state index in [9.17, 15) is 9.59 Å². The summed E-state index contributed by atoms with van der Waals surface area (Å²) in [6.07, 6.45) is 5.98. The van der Waals surface area contributed by atoms with Crippen molar-refractivity contribution in [2.75, 3.05) is 33.3 Å². The van der Waals surface area contributed by atoms with Crippen LogP contribution in [0.4, 0.5) is 0 Å². The van der Waals surface area contributed by atoms with Crippen LogP contribution in [-0.4, -0.2) is 73.0 Å². The molecule has 290 valence electrons. The molecule has 1 fully saturated rings. The Bertz CT molecular complexity index is 1890. The van der Waals surface area contributed by atoms with Gasteiger partial charge in [-0.25, -0.2) is 4.79 Å². The lowest BCUT2D eigenvalue weighted by Gasteiger charge is -2.50. The van der Waals surface area contributed by atoms with E-state index < -0.39 is 54.2 Å². The van der Waals surface area contributed by atoms with Crippen LogP contribution in [0.2, 0.25) is 18.1 Å². The van der Waals surface area contributed by atoms with Crippen LogP contribution in [-0.2, 0) is 46.4 Å². The fourth-order valence-corrected chi connectivity index (χ4v) is 10.5. The van der Waals surface area contributed by atoms with Crippen LogP contribution >= 0.6 is 23.5 Å². The average Bonchev–Trinajstić information content (AvgIpc) is 3.53. The molecule has 4 aromatic rings. The molecule has 0 unspecified atom stereocenters. The Morgan fingerprint density at radius 3 is 2.11 bits per heavy atom. The minimum atomic E-state index is -2.32. The van der Waals surface area contributed by atoms with Gasteiger partial charge in [0.1, 0.15) is 19.3 Å². The van der Waals surface area contributed by atoms with E-state index in [4.69, 9.17) is 18.6 Å². The number of hydrogen-bond acceptors (Lipinski definition) is 9. The number of aromatic nitrogens is 1. The van der Waals surface area contributed by atoms with Gasteiger partial charge in [0, 0.05) is 30.2 Å². The molecule has 4 atom stereocenters. The van der Waals surface area contributed by atoms with Gasteiger partial charge in [0.2, 0.25) is 5.91 Å². The van der Waals surface area contributed by atoms with Gasteiger partial charge in [-0.05, 0) is 54.3 Å². The van der Waals surface area contributed by atoms with Crippen LogP contribution in [0.5, 0.6) is 0 Å². The molecule has 12 heteroatoms. The highest BCUT2D eigenvalue weighted by Crippen LogP contribution is 2.55. The van der Waals surface area contributed by atoms with Crippen LogP contribution in [0.3, 0.4) is 0 Å². The first-order chi connectivity index (χ1) is 25.7. The van der Waals surface area contributed by atoms with Crippen LogP contribution < -0.4 is 0 Å². The number of piperidine rings is 1. The average molecular weight is 791 g/mol. The Kier molecular flexibility index (Phi) is 13.5. The van der Waals surface area contributed by atoms with Crippen molar-refractivity contribution in [2.24, 2.45) is 11.8 Å². The molecule has 1 aliphatic heterocycles. The number of carbonyl (C=O) groups excluding carboxylic acids is 3.